The van der Waals surface area contributed by atoms with E-state index < -0.39 is 0 Å². The molecule has 1 aromatic heterocycles. The smallest absolute Gasteiger partial charge is 0.195 e. The van der Waals surface area contributed by atoms with Crippen LogP contribution in [0, 0.1) is 10.8 Å². The first-order valence-corrected chi connectivity index (χ1v) is 5.02. The molecule has 1 aromatic rings. The van der Waals surface area contributed by atoms with Gasteiger partial charge in [-0.15, -0.1) is 12.4 Å². The van der Waals surface area contributed by atoms with Crippen molar-refractivity contribution in [3.8, 4) is 0 Å². The van der Waals surface area contributed by atoms with E-state index in [9.17, 15) is 0 Å². The molecule has 0 aliphatic carbocycles. The summed E-state index contributed by atoms with van der Waals surface area (Å²) in [5, 5.41) is 23.6. The molecule has 0 spiro atoms. The summed E-state index contributed by atoms with van der Waals surface area (Å²) < 4.78 is 0. The number of hydrogen-bond donors (Lipinski definition) is 5. The minimum atomic E-state index is -0.236. The first kappa shape index (κ1) is 13.7. The van der Waals surface area contributed by atoms with E-state index in [1.54, 1.807) is 11.3 Å². The maximum absolute atomic E-state index is 7.41. The lowest BCUT2D eigenvalue weighted by Crippen LogP contribution is -2.44. The fraction of sp³-hybridized carbons (Fsp3) is 0.250. The van der Waals surface area contributed by atoms with E-state index in [-0.39, 0.29) is 30.4 Å². The standard InChI is InChI=1S/C8H13N5S.ClH/c1-5(6-2-3-14-4-6)12-8(11)13-7(9)10;/h2-5H,1H3,(H6,9,10,11,12,13);1H. The lowest BCUT2D eigenvalue weighted by Gasteiger charge is -2.14. The first-order valence-electron chi connectivity index (χ1n) is 4.08. The highest BCUT2D eigenvalue weighted by atomic mass is 35.5. The molecule has 0 amide bonds. The van der Waals surface area contributed by atoms with E-state index in [1.165, 1.54) is 0 Å². The molecular weight excluding hydrogens is 234 g/mol. The summed E-state index contributed by atoms with van der Waals surface area (Å²) in [5.74, 6) is -0.198. The zero-order chi connectivity index (χ0) is 10.6. The fourth-order valence-electron chi connectivity index (χ4n) is 0.992. The van der Waals surface area contributed by atoms with Gasteiger partial charge in [0, 0.05) is 0 Å². The third kappa shape index (κ3) is 4.66. The van der Waals surface area contributed by atoms with Gasteiger partial charge in [-0.3, -0.25) is 16.1 Å². The normalized spacial score (nSPS) is 11.0. The highest BCUT2D eigenvalue weighted by molar-refractivity contribution is 7.07. The molecule has 7 heteroatoms. The summed E-state index contributed by atoms with van der Waals surface area (Å²) >= 11 is 1.61. The van der Waals surface area contributed by atoms with Gasteiger partial charge >= 0.3 is 0 Å². The van der Waals surface area contributed by atoms with Crippen molar-refractivity contribution in [2.75, 3.05) is 0 Å². The van der Waals surface area contributed by atoms with Crippen LogP contribution in [-0.2, 0) is 0 Å². The maximum Gasteiger partial charge on any atom is 0.195 e. The van der Waals surface area contributed by atoms with Crippen LogP contribution in [-0.4, -0.2) is 11.9 Å². The molecule has 0 aliphatic rings. The average molecular weight is 248 g/mol. The van der Waals surface area contributed by atoms with Crippen LogP contribution in [0.1, 0.15) is 18.5 Å². The molecule has 0 saturated heterocycles. The summed E-state index contributed by atoms with van der Waals surface area (Å²) in [6.45, 7) is 1.94. The van der Waals surface area contributed by atoms with Crippen molar-refractivity contribution >= 4 is 35.7 Å². The van der Waals surface area contributed by atoms with E-state index >= 15 is 0 Å². The van der Waals surface area contributed by atoms with E-state index in [4.69, 9.17) is 16.6 Å². The molecule has 1 unspecified atom stereocenters. The van der Waals surface area contributed by atoms with Crippen molar-refractivity contribution in [1.82, 2.24) is 10.6 Å². The van der Waals surface area contributed by atoms with Crippen LogP contribution in [0.25, 0.3) is 0 Å². The lowest BCUT2D eigenvalue weighted by molar-refractivity contribution is 0.704. The molecule has 0 saturated carbocycles. The second-order valence-electron chi connectivity index (χ2n) is 2.84. The highest BCUT2D eigenvalue weighted by Crippen LogP contribution is 2.14. The van der Waals surface area contributed by atoms with Gasteiger partial charge in [-0.2, -0.15) is 11.3 Å². The molecule has 1 rings (SSSR count). The van der Waals surface area contributed by atoms with E-state index in [2.05, 4.69) is 10.6 Å². The molecule has 1 atom stereocenters. The van der Waals surface area contributed by atoms with Gasteiger partial charge < -0.3 is 11.1 Å². The fourth-order valence-corrected chi connectivity index (χ4v) is 1.75. The molecule has 0 aromatic carbocycles. The van der Waals surface area contributed by atoms with Gasteiger partial charge in [0.1, 0.15) is 0 Å². The van der Waals surface area contributed by atoms with Gasteiger partial charge in [-0.1, -0.05) is 0 Å². The predicted octanol–water partition coefficient (Wildman–Crippen LogP) is 1.24. The van der Waals surface area contributed by atoms with Crippen molar-refractivity contribution < 1.29 is 0 Å². The number of guanidine groups is 2. The number of nitrogens with two attached hydrogens (primary N) is 1. The quantitative estimate of drug-likeness (QED) is 0.402. The topological polar surface area (TPSA) is 97.8 Å². The highest BCUT2D eigenvalue weighted by Gasteiger charge is 2.06. The largest absolute Gasteiger partial charge is 0.370 e. The number of hydrogen-bond acceptors (Lipinski definition) is 3. The summed E-state index contributed by atoms with van der Waals surface area (Å²) in [6, 6.07) is 2.03. The predicted molar refractivity (Wildman–Crippen MR) is 65.9 cm³/mol. The molecule has 15 heavy (non-hydrogen) atoms. The van der Waals surface area contributed by atoms with Crippen molar-refractivity contribution in [1.29, 1.82) is 10.8 Å². The van der Waals surface area contributed by atoms with Crippen molar-refractivity contribution in [3.63, 3.8) is 0 Å². The van der Waals surface area contributed by atoms with Crippen LogP contribution >= 0.6 is 23.7 Å². The van der Waals surface area contributed by atoms with Gasteiger partial charge in [-0.25, -0.2) is 0 Å². The van der Waals surface area contributed by atoms with Crippen molar-refractivity contribution in [2.45, 2.75) is 13.0 Å². The Kier molecular flexibility index (Phi) is 5.73. The Hall–Kier alpha value is -1.27. The van der Waals surface area contributed by atoms with Gasteiger partial charge in [0.15, 0.2) is 11.9 Å². The number of nitrogens with one attached hydrogen (secondary N) is 4. The molecule has 1 heterocycles. The average Bonchev–Trinajstić information content (AvgIpc) is 2.53. The lowest BCUT2D eigenvalue weighted by atomic mass is 10.2. The zero-order valence-corrected chi connectivity index (χ0v) is 9.84. The molecule has 0 aliphatic heterocycles. The Morgan fingerprint density at radius 2 is 2.20 bits per heavy atom. The SMILES string of the molecule is CC(NC(=N)NC(=N)N)c1ccsc1.Cl. The van der Waals surface area contributed by atoms with Crippen LogP contribution in [0.3, 0.4) is 0 Å². The second-order valence-corrected chi connectivity index (χ2v) is 3.62. The van der Waals surface area contributed by atoms with Gasteiger partial charge in [0.2, 0.25) is 0 Å². The Bertz CT molecular complexity index is 324. The molecule has 0 bridgehead atoms. The third-order valence-corrected chi connectivity index (χ3v) is 2.37. The number of thiophene rings is 1. The van der Waals surface area contributed by atoms with Crippen LogP contribution in [0.5, 0.6) is 0 Å². The zero-order valence-electron chi connectivity index (χ0n) is 8.20. The van der Waals surface area contributed by atoms with Crippen LogP contribution in [0.15, 0.2) is 16.8 Å². The van der Waals surface area contributed by atoms with Crippen LogP contribution in [0.2, 0.25) is 0 Å². The summed E-state index contributed by atoms with van der Waals surface area (Å²) in [5.41, 5.74) is 6.20. The molecule has 5 nitrogen and oxygen atoms in total. The van der Waals surface area contributed by atoms with Crippen molar-refractivity contribution in [3.05, 3.63) is 22.4 Å². The van der Waals surface area contributed by atoms with Crippen molar-refractivity contribution in [2.24, 2.45) is 5.73 Å². The van der Waals surface area contributed by atoms with Crippen LogP contribution < -0.4 is 16.4 Å². The maximum atomic E-state index is 7.41. The third-order valence-electron chi connectivity index (χ3n) is 1.66. The second kappa shape index (κ2) is 6.26. The first-order chi connectivity index (χ1) is 6.59. The Labute approximate surface area is 98.5 Å². The van der Waals surface area contributed by atoms with E-state index in [0.717, 1.165) is 5.56 Å². The number of rotatable bonds is 2. The van der Waals surface area contributed by atoms with Gasteiger partial charge in [-0.05, 0) is 29.3 Å². The Morgan fingerprint density at radius 3 is 2.67 bits per heavy atom. The van der Waals surface area contributed by atoms with Gasteiger partial charge in [0.25, 0.3) is 0 Å². The van der Waals surface area contributed by atoms with Gasteiger partial charge in [0.05, 0.1) is 6.04 Å². The molecular formula is C8H14ClN5S. The monoisotopic (exact) mass is 247 g/mol. The molecule has 6 N–H and O–H groups in total. The molecule has 0 fully saturated rings. The number of halogens is 1. The van der Waals surface area contributed by atoms with Crippen LogP contribution in [0.4, 0.5) is 0 Å². The molecule has 84 valence electrons. The summed E-state index contributed by atoms with van der Waals surface area (Å²) in [7, 11) is 0. The summed E-state index contributed by atoms with van der Waals surface area (Å²) in [4.78, 5) is 0. The van der Waals surface area contributed by atoms with E-state index in [0.29, 0.717) is 0 Å². The molecule has 0 radical (unpaired) electrons. The Balaban J connectivity index is 0.00000196. The minimum Gasteiger partial charge on any atom is -0.370 e. The van der Waals surface area contributed by atoms with E-state index in [1.807, 2.05) is 23.8 Å². The summed E-state index contributed by atoms with van der Waals surface area (Å²) in [6.07, 6.45) is 0. The Morgan fingerprint density at radius 1 is 1.53 bits per heavy atom. The minimum absolute atomic E-state index is 0.